The second kappa shape index (κ2) is 3.43. The predicted octanol–water partition coefficient (Wildman–Crippen LogP) is 1.35. The van der Waals surface area contributed by atoms with Gasteiger partial charge in [-0.2, -0.15) is 0 Å². The molecule has 0 spiro atoms. The van der Waals surface area contributed by atoms with E-state index in [2.05, 4.69) is 15.9 Å². The highest BCUT2D eigenvalue weighted by Gasteiger charge is 1.97. The lowest BCUT2D eigenvalue weighted by Gasteiger charge is -2.33. The molecule has 0 fully saturated rings. The summed E-state index contributed by atoms with van der Waals surface area (Å²) in [6.07, 6.45) is 0.955. The number of halogens is 1. The minimum absolute atomic E-state index is 0.175. The molecule has 0 saturated heterocycles. The van der Waals surface area contributed by atoms with Gasteiger partial charge in [0, 0.05) is 11.8 Å². The molecule has 0 aliphatic heterocycles. The summed E-state index contributed by atoms with van der Waals surface area (Å²) in [5.74, 6) is 0. The number of hydroxylamine groups is 3. The van der Waals surface area contributed by atoms with E-state index in [1.807, 2.05) is 0 Å². The van der Waals surface area contributed by atoms with Gasteiger partial charge >= 0.3 is 0 Å². The Kier molecular flexibility index (Phi) is 3.60. The fraction of sp³-hybridized carbons (Fsp3) is 1.00. The number of quaternary nitrogens is 1. The molecule has 0 aromatic carbocycles. The van der Waals surface area contributed by atoms with Crippen molar-refractivity contribution in [2.75, 3.05) is 26.0 Å². The maximum Gasteiger partial charge on any atom is 0.0787 e. The fourth-order valence-electron chi connectivity index (χ4n) is 0.441. The van der Waals surface area contributed by atoms with Gasteiger partial charge in [-0.05, 0) is 0 Å². The van der Waals surface area contributed by atoms with Crippen molar-refractivity contribution in [1.29, 1.82) is 0 Å². The molecule has 0 atom stereocenters. The first-order chi connectivity index (χ1) is 3.56. The van der Waals surface area contributed by atoms with Gasteiger partial charge in [0.05, 0.1) is 20.6 Å². The molecule has 0 rings (SSSR count). The molecular formula is C5H12BrNO. The van der Waals surface area contributed by atoms with Crippen molar-refractivity contribution in [3.8, 4) is 0 Å². The average molecular weight is 182 g/mol. The summed E-state index contributed by atoms with van der Waals surface area (Å²) in [7, 11) is 3.31. The van der Waals surface area contributed by atoms with E-state index in [0.29, 0.717) is 6.54 Å². The zero-order chi connectivity index (χ0) is 6.62. The Hall–Kier alpha value is 0.400. The van der Waals surface area contributed by atoms with Crippen LogP contribution in [-0.2, 0) is 0 Å². The topological polar surface area (TPSA) is 23.1 Å². The van der Waals surface area contributed by atoms with E-state index in [-0.39, 0.29) is 4.65 Å². The standard InChI is InChI=1S/C5H12BrNO/c1-7(2,8)5-3-4-6/h3-5H2,1-2H3. The number of hydrogen-bond donors (Lipinski definition) is 0. The highest BCUT2D eigenvalue weighted by atomic mass is 79.9. The second-order valence-electron chi connectivity index (χ2n) is 2.34. The molecule has 8 heavy (non-hydrogen) atoms. The molecule has 0 heterocycles. The van der Waals surface area contributed by atoms with Crippen molar-refractivity contribution in [2.24, 2.45) is 0 Å². The highest BCUT2D eigenvalue weighted by molar-refractivity contribution is 9.09. The lowest BCUT2D eigenvalue weighted by atomic mass is 10.4. The summed E-state index contributed by atoms with van der Waals surface area (Å²) in [5.41, 5.74) is 0. The minimum atomic E-state index is -0.175. The summed E-state index contributed by atoms with van der Waals surface area (Å²) in [5, 5.41) is 11.7. The van der Waals surface area contributed by atoms with Crippen LogP contribution in [0, 0.1) is 5.21 Å². The van der Waals surface area contributed by atoms with Gasteiger partial charge in [0.2, 0.25) is 0 Å². The van der Waals surface area contributed by atoms with Crippen molar-refractivity contribution < 1.29 is 4.65 Å². The maximum absolute atomic E-state index is 10.8. The van der Waals surface area contributed by atoms with Crippen LogP contribution in [-0.4, -0.2) is 30.6 Å². The van der Waals surface area contributed by atoms with Crippen molar-refractivity contribution >= 4 is 15.9 Å². The van der Waals surface area contributed by atoms with Gasteiger partial charge in [-0.15, -0.1) is 0 Å². The Balaban J connectivity index is 3.11. The average Bonchev–Trinajstić information content (AvgIpc) is 1.59. The molecule has 0 aromatic heterocycles. The Morgan fingerprint density at radius 3 is 2.12 bits per heavy atom. The second-order valence-corrected chi connectivity index (χ2v) is 3.13. The number of rotatable bonds is 3. The summed E-state index contributed by atoms with van der Waals surface area (Å²) >= 11 is 3.25. The molecule has 2 nitrogen and oxygen atoms in total. The molecule has 0 aliphatic carbocycles. The number of alkyl halides is 1. The van der Waals surface area contributed by atoms with Crippen LogP contribution in [0.15, 0.2) is 0 Å². The SMILES string of the molecule is C[N+](C)([O-])CCCBr. The van der Waals surface area contributed by atoms with Crippen LogP contribution < -0.4 is 0 Å². The maximum atomic E-state index is 10.8. The summed E-state index contributed by atoms with van der Waals surface area (Å²) in [4.78, 5) is 0. The quantitative estimate of drug-likeness (QED) is 0.367. The van der Waals surface area contributed by atoms with E-state index in [0.717, 1.165) is 11.8 Å². The van der Waals surface area contributed by atoms with Crippen molar-refractivity contribution in [3.63, 3.8) is 0 Å². The molecule has 0 radical (unpaired) electrons. The molecule has 0 bridgehead atoms. The Morgan fingerprint density at radius 1 is 1.50 bits per heavy atom. The minimum Gasteiger partial charge on any atom is -0.633 e. The zero-order valence-corrected chi connectivity index (χ0v) is 6.94. The molecule has 0 N–H and O–H groups in total. The van der Waals surface area contributed by atoms with Crippen molar-refractivity contribution in [1.82, 2.24) is 0 Å². The Bertz CT molecular complexity index is 59.9. The van der Waals surface area contributed by atoms with Crippen LogP contribution in [0.4, 0.5) is 0 Å². The fourth-order valence-corrected chi connectivity index (χ4v) is 0.691. The van der Waals surface area contributed by atoms with E-state index >= 15 is 0 Å². The zero-order valence-electron chi connectivity index (χ0n) is 5.35. The first-order valence-corrected chi connectivity index (χ1v) is 3.78. The molecule has 0 aliphatic rings. The van der Waals surface area contributed by atoms with Crippen LogP contribution in [0.25, 0.3) is 0 Å². The molecular weight excluding hydrogens is 170 g/mol. The summed E-state index contributed by atoms with van der Waals surface area (Å²) < 4.78 is -0.175. The van der Waals surface area contributed by atoms with Gasteiger partial charge in [-0.3, -0.25) is 0 Å². The lowest BCUT2D eigenvalue weighted by Crippen LogP contribution is -2.33. The van der Waals surface area contributed by atoms with Gasteiger partial charge in [0.15, 0.2) is 0 Å². The van der Waals surface area contributed by atoms with Crippen LogP contribution in [0.2, 0.25) is 0 Å². The van der Waals surface area contributed by atoms with Crippen LogP contribution >= 0.6 is 15.9 Å². The molecule has 0 unspecified atom stereocenters. The Morgan fingerprint density at radius 2 is 2.00 bits per heavy atom. The molecule has 0 amide bonds. The van der Waals surface area contributed by atoms with Crippen LogP contribution in [0.1, 0.15) is 6.42 Å². The lowest BCUT2D eigenvalue weighted by molar-refractivity contribution is -0.839. The summed E-state index contributed by atoms with van der Waals surface area (Å²) in [6, 6.07) is 0. The Labute approximate surface area is 58.8 Å². The van der Waals surface area contributed by atoms with E-state index < -0.39 is 0 Å². The summed E-state index contributed by atoms with van der Waals surface area (Å²) in [6.45, 7) is 0.700. The molecule has 0 aromatic rings. The first-order valence-electron chi connectivity index (χ1n) is 2.66. The van der Waals surface area contributed by atoms with E-state index in [1.54, 1.807) is 14.1 Å². The third-order valence-electron chi connectivity index (χ3n) is 0.830. The van der Waals surface area contributed by atoms with Gasteiger partial charge in [0.25, 0.3) is 0 Å². The number of hydrogen-bond acceptors (Lipinski definition) is 1. The molecule has 3 heteroatoms. The number of nitrogens with zero attached hydrogens (tertiary/aromatic N) is 1. The first kappa shape index (κ1) is 8.40. The van der Waals surface area contributed by atoms with Gasteiger partial charge < -0.3 is 9.85 Å². The molecule has 50 valence electrons. The smallest absolute Gasteiger partial charge is 0.0787 e. The van der Waals surface area contributed by atoms with Crippen LogP contribution in [0.5, 0.6) is 0 Å². The monoisotopic (exact) mass is 181 g/mol. The van der Waals surface area contributed by atoms with Gasteiger partial charge in [-0.25, -0.2) is 0 Å². The largest absolute Gasteiger partial charge is 0.633 e. The molecule has 0 saturated carbocycles. The van der Waals surface area contributed by atoms with E-state index in [4.69, 9.17) is 0 Å². The van der Waals surface area contributed by atoms with E-state index in [9.17, 15) is 5.21 Å². The van der Waals surface area contributed by atoms with Gasteiger partial charge in [0.1, 0.15) is 0 Å². The third-order valence-corrected chi connectivity index (χ3v) is 1.39. The van der Waals surface area contributed by atoms with Crippen molar-refractivity contribution in [2.45, 2.75) is 6.42 Å². The highest BCUT2D eigenvalue weighted by Crippen LogP contribution is 1.96. The third kappa shape index (κ3) is 6.40. The van der Waals surface area contributed by atoms with Gasteiger partial charge in [-0.1, -0.05) is 15.9 Å². The van der Waals surface area contributed by atoms with Crippen molar-refractivity contribution in [3.05, 3.63) is 5.21 Å². The van der Waals surface area contributed by atoms with Crippen LogP contribution in [0.3, 0.4) is 0 Å². The van der Waals surface area contributed by atoms with E-state index in [1.165, 1.54) is 0 Å². The normalized spacial score (nSPS) is 12.0. The predicted molar refractivity (Wildman–Crippen MR) is 38.8 cm³/mol.